The molecule has 8 nitrogen and oxygen atoms in total. The van der Waals surface area contributed by atoms with Crippen molar-refractivity contribution >= 4 is 35.1 Å². The third-order valence-electron chi connectivity index (χ3n) is 5.22. The van der Waals surface area contributed by atoms with Gasteiger partial charge in [0.15, 0.2) is 11.6 Å². The average molecular weight is 488 g/mol. The summed E-state index contributed by atoms with van der Waals surface area (Å²) in [6.07, 6.45) is 0.812. The maximum absolute atomic E-state index is 13.7. The van der Waals surface area contributed by atoms with E-state index in [1.807, 2.05) is 0 Å². The first-order valence-electron chi connectivity index (χ1n) is 11.4. The van der Waals surface area contributed by atoms with Crippen LogP contribution in [0.3, 0.4) is 0 Å². The molecule has 8 heteroatoms. The number of carbonyl (C=O) groups excluding carboxylic acids is 6. The van der Waals surface area contributed by atoms with Crippen LogP contribution in [0.2, 0.25) is 0 Å². The predicted molar refractivity (Wildman–Crippen MR) is 128 cm³/mol. The maximum Gasteiger partial charge on any atom is 0.343 e. The molecule has 0 spiro atoms. The number of Topliss-reactive ketones (excluding diaryl/α,β-unsaturated/α-hetero) is 4. The molecule has 1 aliphatic rings. The lowest BCUT2D eigenvalue weighted by Gasteiger charge is -2.21. The summed E-state index contributed by atoms with van der Waals surface area (Å²) >= 11 is 0. The Labute approximate surface area is 207 Å². The van der Waals surface area contributed by atoms with Crippen molar-refractivity contribution in [1.82, 2.24) is 0 Å². The Kier molecular flexibility index (Phi) is 8.57. The summed E-state index contributed by atoms with van der Waals surface area (Å²) in [5.74, 6) is -6.85. The van der Waals surface area contributed by atoms with Crippen LogP contribution in [0, 0.1) is 0 Å². The van der Waals surface area contributed by atoms with Crippen LogP contribution in [0.15, 0.2) is 83.0 Å². The Morgan fingerprint density at radius 1 is 0.556 bits per heavy atom. The first kappa shape index (κ1) is 26.2. The molecule has 3 rings (SSSR count). The third-order valence-corrected chi connectivity index (χ3v) is 5.22. The molecule has 0 aromatic heterocycles. The van der Waals surface area contributed by atoms with Gasteiger partial charge in [0.05, 0.1) is 24.4 Å². The topological polar surface area (TPSA) is 121 Å². The number of hydrogen-bond donors (Lipinski definition) is 0. The number of hydrogen-bond acceptors (Lipinski definition) is 8. The summed E-state index contributed by atoms with van der Waals surface area (Å²) in [5, 5.41) is 0. The van der Waals surface area contributed by atoms with Crippen LogP contribution in [0.4, 0.5) is 0 Å². The van der Waals surface area contributed by atoms with Crippen LogP contribution in [0.25, 0.3) is 0 Å². The molecule has 0 radical (unpaired) electrons. The molecule has 0 saturated carbocycles. The Balaban J connectivity index is 2.27. The molecule has 184 valence electrons. The molecule has 0 N–H and O–H groups in total. The second-order valence-electron chi connectivity index (χ2n) is 7.82. The van der Waals surface area contributed by atoms with Crippen molar-refractivity contribution < 1.29 is 38.2 Å². The van der Waals surface area contributed by atoms with Crippen LogP contribution in [0.5, 0.6) is 0 Å². The summed E-state index contributed by atoms with van der Waals surface area (Å²) < 4.78 is 10.2. The van der Waals surface area contributed by atoms with Gasteiger partial charge in [-0.15, -0.1) is 0 Å². The second-order valence-corrected chi connectivity index (χ2v) is 7.82. The molecule has 0 atom stereocenters. The largest absolute Gasteiger partial charge is 0.462 e. The third kappa shape index (κ3) is 5.27. The van der Waals surface area contributed by atoms with Gasteiger partial charge in [-0.25, -0.2) is 9.59 Å². The molecular weight excluding hydrogens is 464 g/mol. The van der Waals surface area contributed by atoms with Crippen LogP contribution in [-0.4, -0.2) is 48.3 Å². The molecule has 0 saturated heterocycles. The molecule has 2 aromatic rings. The molecule has 0 amide bonds. The van der Waals surface area contributed by atoms with Gasteiger partial charge < -0.3 is 9.47 Å². The second kappa shape index (κ2) is 11.8. The van der Waals surface area contributed by atoms with Crippen molar-refractivity contribution in [1.29, 1.82) is 0 Å². The number of esters is 2. The minimum Gasteiger partial charge on any atom is -0.462 e. The number of benzene rings is 2. The van der Waals surface area contributed by atoms with E-state index in [1.54, 1.807) is 26.0 Å². The monoisotopic (exact) mass is 488 g/mol. The van der Waals surface area contributed by atoms with Gasteiger partial charge in [-0.2, -0.15) is 0 Å². The van der Waals surface area contributed by atoms with Gasteiger partial charge in [-0.3, -0.25) is 19.2 Å². The Hall–Kier alpha value is -4.46. The number of ketones is 4. The first-order valence-corrected chi connectivity index (χ1v) is 11.4. The van der Waals surface area contributed by atoms with Crippen LogP contribution in [0.1, 0.15) is 47.4 Å². The van der Waals surface area contributed by atoms with E-state index in [9.17, 15) is 28.8 Å². The van der Waals surface area contributed by atoms with Crippen molar-refractivity contribution in [3.8, 4) is 0 Å². The molecule has 0 heterocycles. The first-order chi connectivity index (χ1) is 17.3. The Morgan fingerprint density at radius 3 is 1.19 bits per heavy atom. The fraction of sp³-hybridized carbons (Fsp3) is 0.214. The van der Waals surface area contributed by atoms with Crippen molar-refractivity contribution in [2.24, 2.45) is 0 Å². The number of ether oxygens (including phenoxy) is 2. The highest BCUT2D eigenvalue weighted by Crippen LogP contribution is 2.31. The van der Waals surface area contributed by atoms with Gasteiger partial charge in [0.1, 0.15) is 11.1 Å². The highest BCUT2D eigenvalue weighted by atomic mass is 16.5. The van der Waals surface area contributed by atoms with Crippen LogP contribution >= 0.6 is 0 Å². The molecule has 0 fully saturated rings. The summed E-state index contributed by atoms with van der Waals surface area (Å²) in [6, 6.07) is 15.0. The normalized spacial score (nSPS) is 13.5. The molecule has 2 aromatic carbocycles. The summed E-state index contributed by atoms with van der Waals surface area (Å²) in [5.41, 5.74) is -3.41. The predicted octanol–water partition coefficient (Wildman–Crippen LogP) is 3.40. The molecule has 0 bridgehead atoms. The van der Waals surface area contributed by atoms with Gasteiger partial charge >= 0.3 is 11.9 Å². The van der Waals surface area contributed by atoms with Crippen molar-refractivity contribution in [2.45, 2.75) is 26.7 Å². The zero-order valence-corrected chi connectivity index (χ0v) is 19.9. The Morgan fingerprint density at radius 2 is 0.889 bits per heavy atom. The van der Waals surface area contributed by atoms with Gasteiger partial charge in [-0.1, -0.05) is 74.5 Å². The van der Waals surface area contributed by atoms with E-state index in [0.717, 1.165) is 0 Å². The van der Waals surface area contributed by atoms with Crippen LogP contribution in [-0.2, 0) is 28.7 Å². The maximum atomic E-state index is 13.7. The van der Waals surface area contributed by atoms with Crippen molar-refractivity contribution in [3.63, 3.8) is 0 Å². The van der Waals surface area contributed by atoms with E-state index in [4.69, 9.17) is 9.47 Å². The van der Waals surface area contributed by atoms with E-state index in [-0.39, 0.29) is 24.3 Å². The van der Waals surface area contributed by atoms with E-state index in [0.29, 0.717) is 12.8 Å². The number of allylic oxidation sites excluding steroid dienone is 2. The Bertz CT molecular complexity index is 1180. The van der Waals surface area contributed by atoms with E-state index in [1.165, 1.54) is 48.5 Å². The quantitative estimate of drug-likeness (QED) is 0.216. The lowest BCUT2D eigenvalue weighted by Crippen LogP contribution is -2.37. The highest BCUT2D eigenvalue weighted by molar-refractivity contribution is 6.52. The van der Waals surface area contributed by atoms with E-state index >= 15 is 0 Å². The number of rotatable bonds is 10. The zero-order chi connectivity index (χ0) is 26.2. The standard InChI is InChI=1S/C28H24O8/c1-3-15-35-27(33)21-19(23(29)17-11-7-5-8-12-17)26(32)22(28(34)36-16-4-2)20(25(21)31)24(30)18-13-9-6-10-14-18/h5-14H,3-4,15-16H2,1-2H3. The molecule has 0 unspecified atom stereocenters. The fourth-order valence-electron chi connectivity index (χ4n) is 3.53. The summed E-state index contributed by atoms with van der Waals surface area (Å²) in [6.45, 7) is 3.26. The van der Waals surface area contributed by atoms with Crippen molar-refractivity contribution in [3.05, 3.63) is 94.1 Å². The van der Waals surface area contributed by atoms with Gasteiger partial charge in [0, 0.05) is 11.1 Å². The van der Waals surface area contributed by atoms with Crippen LogP contribution < -0.4 is 0 Å². The molecule has 36 heavy (non-hydrogen) atoms. The fourth-order valence-corrected chi connectivity index (χ4v) is 3.53. The molecule has 0 aliphatic heterocycles. The van der Waals surface area contributed by atoms with Gasteiger partial charge in [-0.05, 0) is 12.8 Å². The van der Waals surface area contributed by atoms with E-state index < -0.39 is 57.4 Å². The van der Waals surface area contributed by atoms with Gasteiger partial charge in [0.25, 0.3) is 0 Å². The summed E-state index contributed by atoms with van der Waals surface area (Å²) in [7, 11) is 0. The highest BCUT2D eigenvalue weighted by Gasteiger charge is 2.46. The lowest BCUT2D eigenvalue weighted by atomic mass is 9.78. The molecular formula is C28H24O8. The average Bonchev–Trinajstić information content (AvgIpc) is 2.91. The van der Waals surface area contributed by atoms with E-state index in [2.05, 4.69) is 0 Å². The number of carbonyl (C=O) groups is 6. The molecule has 1 aliphatic carbocycles. The minimum atomic E-state index is -1.24. The minimum absolute atomic E-state index is 0.00792. The van der Waals surface area contributed by atoms with Gasteiger partial charge in [0.2, 0.25) is 11.6 Å². The lowest BCUT2D eigenvalue weighted by molar-refractivity contribution is -0.143. The smallest absolute Gasteiger partial charge is 0.343 e. The van der Waals surface area contributed by atoms with Crippen molar-refractivity contribution in [2.75, 3.05) is 13.2 Å². The SMILES string of the molecule is CCCOC(=O)C1=C(C(=O)c2ccccc2)C(=O)C(C(=O)OCCC)=C(C(=O)c2ccccc2)C1=O. The summed E-state index contributed by atoms with van der Waals surface area (Å²) in [4.78, 5) is 80.0. The zero-order valence-electron chi connectivity index (χ0n) is 19.9.